The van der Waals surface area contributed by atoms with Gasteiger partial charge in [-0.1, -0.05) is 0 Å². The van der Waals surface area contributed by atoms with E-state index < -0.39 is 5.91 Å². The van der Waals surface area contributed by atoms with E-state index in [1.54, 1.807) is 5.73 Å². The number of amides is 2. The van der Waals surface area contributed by atoms with Gasteiger partial charge < -0.3 is 16.4 Å². The Bertz CT molecular complexity index is 162. The van der Waals surface area contributed by atoms with E-state index in [0.717, 1.165) is 4.90 Å². The van der Waals surface area contributed by atoms with Crippen LogP contribution >= 0.6 is 0 Å². The zero-order chi connectivity index (χ0) is 8.85. The lowest BCUT2D eigenvalue weighted by Gasteiger charge is -2.12. The summed E-state index contributed by atoms with van der Waals surface area (Å²) in [5.41, 5.74) is 6.67. The van der Waals surface area contributed by atoms with Crippen LogP contribution in [0.2, 0.25) is 1.41 Å². The van der Waals surface area contributed by atoms with E-state index in [1.165, 1.54) is 7.05 Å². The Morgan fingerprint density at radius 1 is 1.70 bits per heavy atom. The van der Waals surface area contributed by atoms with Crippen molar-refractivity contribution in [1.29, 1.82) is 0 Å². The minimum absolute atomic E-state index is 0.123. The number of rotatable bonds is 3. The van der Waals surface area contributed by atoms with E-state index in [4.69, 9.17) is 7.15 Å². The molecule has 10 heavy (non-hydrogen) atoms. The molecule has 0 saturated heterocycles. The molecule has 0 atom stereocenters. The minimum atomic E-state index is -0.533. The van der Waals surface area contributed by atoms with Crippen molar-refractivity contribution >= 4 is 11.8 Å². The predicted molar refractivity (Wildman–Crippen MR) is 35.9 cm³/mol. The Balaban J connectivity index is 3.77. The van der Waals surface area contributed by atoms with Crippen LogP contribution in [0.5, 0.6) is 0 Å². The summed E-state index contributed by atoms with van der Waals surface area (Å²) in [4.78, 5) is 22.4. The average Bonchev–Trinajstić information content (AvgIpc) is 2.02. The van der Waals surface area contributed by atoms with Crippen molar-refractivity contribution in [3.63, 3.8) is 0 Å². The van der Waals surface area contributed by atoms with Crippen LogP contribution in [-0.4, -0.2) is 36.9 Å². The van der Waals surface area contributed by atoms with Crippen LogP contribution in [0.15, 0.2) is 0 Å². The van der Waals surface area contributed by atoms with Crippen LogP contribution in [0.1, 0.15) is 0 Å². The van der Waals surface area contributed by atoms with Gasteiger partial charge >= 0.3 is 0 Å². The van der Waals surface area contributed by atoms with Gasteiger partial charge in [0.2, 0.25) is 11.8 Å². The molecule has 0 radical (unpaired) electrons. The fourth-order valence-corrected chi connectivity index (χ4v) is 0.459. The van der Waals surface area contributed by atoms with Crippen LogP contribution in [0.4, 0.5) is 0 Å². The molecule has 0 spiro atoms. The van der Waals surface area contributed by atoms with E-state index >= 15 is 0 Å². The first-order chi connectivity index (χ1) is 5.11. The number of likely N-dealkylation sites (N-methyl/N-ethyl adjacent to an activating group) is 1. The number of primary amides is 1. The van der Waals surface area contributed by atoms with Gasteiger partial charge in [0.15, 0.2) is 1.41 Å². The van der Waals surface area contributed by atoms with Gasteiger partial charge in [-0.3, -0.25) is 9.59 Å². The van der Waals surface area contributed by atoms with Gasteiger partial charge in [0.1, 0.15) is 0 Å². The van der Waals surface area contributed by atoms with Gasteiger partial charge in [-0.15, -0.1) is 0 Å². The highest BCUT2D eigenvalue weighted by Gasteiger charge is 2.07. The lowest BCUT2D eigenvalue weighted by atomic mass is 10.5. The topological polar surface area (TPSA) is 89.4 Å². The summed E-state index contributed by atoms with van der Waals surface area (Å²) in [7, 11) is 1.45. The third-order valence-corrected chi connectivity index (χ3v) is 0.981. The lowest BCUT2D eigenvalue weighted by molar-refractivity contribution is -0.132. The van der Waals surface area contributed by atoms with Crippen molar-refractivity contribution in [2.45, 2.75) is 0 Å². The molecule has 0 bridgehead atoms. The van der Waals surface area contributed by atoms with Crippen LogP contribution < -0.4 is 11.5 Å². The van der Waals surface area contributed by atoms with Gasteiger partial charge in [-0.05, 0) is 0 Å². The van der Waals surface area contributed by atoms with Gasteiger partial charge in [-0.25, -0.2) is 0 Å². The van der Waals surface area contributed by atoms with Gasteiger partial charge in [0.05, 0.1) is 13.1 Å². The molecule has 4 N–H and O–H groups in total. The maximum absolute atomic E-state index is 10.7. The molecule has 0 aromatic rings. The second-order valence-electron chi connectivity index (χ2n) is 1.88. The number of carbonyl (C=O) groups excluding carboxylic acids is 2. The highest BCUT2D eigenvalue weighted by atomic mass is 16.2. The second-order valence-corrected chi connectivity index (χ2v) is 1.88. The zero-order valence-electron chi connectivity index (χ0n) is 6.76. The van der Waals surface area contributed by atoms with Crippen molar-refractivity contribution < 1.29 is 11.0 Å². The maximum Gasteiger partial charge on any atom is 0.237 e. The third kappa shape index (κ3) is 3.03. The molecule has 0 aliphatic heterocycles. The maximum atomic E-state index is 10.7. The van der Waals surface area contributed by atoms with Gasteiger partial charge in [0.25, 0.3) is 0 Å². The van der Waals surface area contributed by atoms with Crippen molar-refractivity contribution in [2.75, 3.05) is 20.1 Å². The summed E-state index contributed by atoms with van der Waals surface area (Å²) in [6.45, 7) is -0.249. The molecule has 0 aliphatic rings. The first-order valence-corrected chi connectivity index (χ1v) is 2.76. The van der Waals surface area contributed by atoms with Crippen molar-refractivity contribution in [3.8, 4) is 0 Å². The Morgan fingerprint density at radius 2 is 2.30 bits per heavy atom. The smallest absolute Gasteiger partial charge is 0.237 e. The number of nitrogens with zero attached hydrogens (tertiary/aromatic N) is 1. The van der Waals surface area contributed by atoms with E-state index in [-0.39, 0.29) is 19.0 Å². The van der Waals surface area contributed by atoms with Crippen LogP contribution in [0.25, 0.3) is 0 Å². The highest BCUT2D eigenvalue weighted by Crippen LogP contribution is 1.79. The number of hydrogen-bond donors (Lipinski definition) is 2. The molecule has 0 saturated carbocycles. The quantitative estimate of drug-likeness (QED) is 0.478. The third-order valence-electron chi connectivity index (χ3n) is 0.981. The first-order valence-electron chi connectivity index (χ1n) is 3.26. The molecular weight excluding hydrogens is 134 g/mol. The first kappa shape index (κ1) is 7.01. The average molecular weight is 147 g/mol. The Hall–Kier alpha value is -1.10. The number of hydrogen-bond acceptors (Lipinski definition) is 3. The largest absolute Gasteiger partial charge is 0.368 e. The Labute approximate surface area is 60.4 Å². The van der Waals surface area contributed by atoms with Crippen LogP contribution in [-0.2, 0) is 9.59 Å². The summed E-state index contributed by atoms with van der Waals surface area (Å²) in [6.07, 6.45) is 0. The molecule has 0 aromatic carbocycles. The summed E-state index contributed by atoms with van der Waals surface area (Å²) in [5, 5.41) is 0. The van der Waals surface area contributed by atoms with Crippen LogP contribution in [0, 0.1) is 0 Å². The SMILES string of the molecule is [3H]NC(=O)CN(C)C(=O)CN. The standard InChI is InChI=1S/C5H11N3O2/c1-8(3-4(7)9)5(10)2-6/h2-3,6H2,1H3,(H2,7,9)/i/hT. The lowest BCUT2D eigenvalue weighted by Crippen LogP contribution is -2.38. The van der Waals surface area contributed by atoms with E-state index in [0.29, 0.717) is 0 Å². The number of nitrogens with two attached hydrogens (primary N) is 2. The molecule has 0 aromatic heterocycles. The van der Waals surface area contributed by atoms with E-state index in [9.17, 15) is 9.59 Å². The molecule has 58 valence electrons. The fourth-order valence-electron chi connectivity index (χ4n) is 0.459. The molecule has 0 unspecified atom stereocenters. The molecule has 5 heteroatoms. The number of carbonyl (C=O) groups is 2. The molecule has 2 amide bonds. The Kier molecular flexibility index (Phi) is 2.69. The summed E-state index contributed by atoms with van der Waals surface area (Å²) >= 11 is 0. The highest BCUT2D eigenvalue weighted by molar-refractivity contribution is 5.84. The van der Waals surface area contributed by atoms with Crippen molar-refractivity contribution in [2.24, 2.45) is 11.5 Å². The zero-order valence-corrected chi connectivity index (χ0v) is 5.76. The van der Waals surface area contributed by atoms with Gasteiger partial charge in [0, 0.05) is 7.05 Å². The van der Waals surface area contributed by atoms with Crippen LogP contribution in [0.3, 0.4) is 0 Å². The molecular formula is C5H11N3O2. The summed E-state index contributed by atoms with van der Waals surface area (Å²) in [5.74, 6) is -0.858. The van der Waals surface area contributed by atoms with Crippen molar-refractivity contribution in [1.82, 2.24) is 4.90 Å². The molecule has 0 aliphatic carbocycles. The molecule has 5 nitrogen and oxygen atoms in total. The molecule has 0 heterocycles. The normalized spacial score (nSPS) is 10.0. The Morgan fingerprint density at radius 3 is 2.70 bits per heavy atom. The van der Waals surface area contributed by atoms with E-state index in [1.807, 2.05) is 0 Å². The molecule has 0 rings (SSSR count). The second kappa shape index (κ2) is 3.84. The molecule has 0 fully saturated rings. The van der Waals surface area contributed by atoms with Gasteiger partial charge in [-0.2, -0.15) is 0 Å². The summed E-state index contributed by atoms with van der Waals surface area (Å²) in [6, 6.07) is 0. The predicted octanol–water partition coefficient (Wildman–Crippen LogP) is -2.11. The minimum Gasteiger partial charge on any atom is -0.368 e. The monoisotopic (exact) mass is 147 g/mol. The fraction of sp³-hybridized carbons (Fsp3) is 0.600. The van der Waals surface area contributed by atoms with E-state index in [2.05, 4.69) is 0 Å². The summed E-state index contributed by atoms with van der Waals surface area (Å²) < 4.78 is 6.43. The van der Waals surface area contributed by atoms with Crippen molar-refractivity contribution in [3.05, 3.63) is 0 Å².